The number of nitrogens with zero attached hydrogens (tertiary/aromatic N) is 2. The molecular formula is C24H27N3O5S2. The van der Waals surface area contributed by atoms with Gasteiger partial charge in [-0.05, 0) is 46.9 Å². The molecule has 1 aromatic heterocycles. The first-order chi connectivity index (χ1) is 15.7. The van der Waals surface area contributed by atoms with E-state index >= 15 is 0 Å². The molecule has 0 fully saturated rings. The minimum Gasteiger partial charge on any atom is -0.322 e. The number of aromatic nitrogens is 1. The topological polar surface area (TPSA) is 114 Å². The first-order valence-electron chi connectivity index (χ1n) is 10.3. The van der Waals surface area contributed by atoms with E-state index in [1.807, 2.05) is 24.3 Å². The number of anilines is 2. The van der Waals surface area contributed by atoms with E-state index in [1.165, 1.54) is 18.5 Å². The fourth-order valence-corrected chi connectivity index (χ4v) is 6.41. The van der Waals surface area contributed by atoms with Crippen molar-refractivity contribution in [1.29, 1.82) is 0 Å². The van der Waals surface area contributed by atoms with E-state index < -0.39 is 20.0 Å². The highest BCUT2D eigenvalue weighted by atomic mass is 32.3. The Labute approximate surface area is 200 Å². The highest BCUT2D eigenvalue weighted by Crippen LogP contribution is 2.33. The lowest BCUT2D eigenvalue weighted by Crippen LogP contribution is -2.35. The Hall–Kier alpha value is -3.24. The average molecular weight is 502 g/mol. The van der Waals surface area contributed by atoms with Crippen molar-refractivity contribution in [2.45, 2.75) is 26.2 Å². The molecule has 180 valence electrons. The third-order valence-corrected chi connectivity index (χ3v) is 8.29. The maximum atomic E-state index is 12.7. The summed E-state index contributed by atoms with van der Waals surface area (Å²) in [7, 11) is -8.27. The number of rotatable bonds is 6. The number of pyridine rings is 1. The number of carbonyl (C=O) groups is 1. The zero-order valence-electron chi connectivity index (χ0n) is 19.6. The Kier molecular flexibility index (Phi) is 6.86. The molecule has 0 bridgehead atoms. The third-order valence-electron chi connectivity index (χ3n) is 5.07. The number of sulfonamides is 2. The van der Waals surface area contributed by atoms with Crippen LogP contribution in [0.4, 0.5) is 11.4 Å². The van der Waals surface area contributed by atoms with Crippen molar-refractivity contribution < 1.29 is 21.6 Å². The maximum Gasteiger partial charge on any atom is 0.255 e. The monoisotopic (exact) mass is 501 g/mol. The van der Waals surface area contributed by atoms with Crippen LogP contribution >= 0.6 is 0 Å². The van der Waals surface area contributed by atoms with Crippen molar-refractivity contribution >= 4 is 37.3 Å². The summed E-state index contributed by atoms with van der Waals surface area (Å²) in [4.78, 5) is 16.6. The fourth-order valence-electron chi connectivity index (χ4n) is 3.44. The second kappa shape index (κ2) is 9.19. The zero-order valence-corrected chi connectivity index (χ0v) is 21.2. The molecule has 8 nitrogen and oxygen atoms in total. The fraction of sp³-hybridized carbons (Fsp3) is 0.250. The van der Waals surface area contributed by atoms with Gasteiger partial charge in [0, 0.05) is 23.0 Å². The van der Waals surface area contributed by atoms with Gasteiger partial charge in [-0.25, -0.2) is 16.8 Å². The Morgan fingerprint density at radius 1 is 0.853 bits per heavy atom. The second-order valence-electron chi connectivity index (χ2n) is 8.97. The summed E-state index contributed by atoms with van der Waals surface area (Å²) in [5, 5.41) is 2.85. The molecule has 34 heavy (non-hydrogen) atoms. The molecule has 0 aliphatic carbocycles. The number of nitrogens with one attached hydrogen (secondary N) is 1. The molecule has 0 aliphatic rings. The van der Waals surface area contributed by atoms with Gasteiger partial charge in [-0.2, -0.15) is 3.71 Å². The Balaban J connectivity index is 1.89. The molecule has 2 aromatic carbocycles. The summed E-state index contributed by atoms with van der Waals surface area (Å²) in [5.74, 6) is -0.307. The number of benzene rings is 2. The number of hydrogen-bond acceptors (Lipinski definition) is 6. The minimum atomic E-state index is -4.13. The van der Waals surface area contributed by atoms with Crippen molar-refractivity contribution in [2.24, 2.45) is 0 Å². The van der Waals surface area contributed by atoms with Crippen LogP contribution in [0, 0.1) is 0 Å². The van der Waals surface area contributed by atoms with E-state index in [2.05, 4.69) is 31.1 Å². The number of carbonyl (C=O) groups excluding carboxylic acids is 1. The van der Waals surface area contributed by atoms with Crippen LogP contribution in [0.1, 0.15) is 36.7 Å². The minimum absolute atomic E-state index is 0.00791. The van der Waals surface area contributed by atoms with Crippen molar-refractivity contribution in [2.75, 3.05) is 21.5 Å². The first-order valence-corrected chi connectivity index (χ1v) is 14.0. The standard InChI is InChI=1S/C24H27N3O5S2/c1-24(2,3)19-10-12-20(13-11-19)26-23(28)18-8-6-17(7-9-18)21-14-15-25-16-22(21)27(33(4,29)30)34(5,31)32/h6-16H,1-5H3,(H,26,28). The van der Waals surface area contributed by atoms with Gasteiger partial charge in [0.1, 0.15) is 0 Å². The van der Waals surface area contributed by atoms with Gasteiger partial charge in [0.05, 0.1) is 24.4 Å². The highest BCUT2D eigenvalue weighted by molar-refractivity contribution is 8.09. The van der Waals surface area contributed by atoms with Gasteiger partial charge < -0.3 is 5.32 Å². The summed E-state index contributed by atoms with van der Waals surface area (Å²) in [6.45, 7) is 6.34. The molecule has 0 saturated heterocycles. The van der Waals surface area contributed by atoms with Gasteiger partial charge in [-0.15, -0.1) is 0 Å². The molecule has 0 spiro atoms. The van der Waals surface area contributed by atoms with Gasteiger partial charge in [-0.3, -0.25) is 9.78 Å². The summed E-state index contributed by atoms with van der Waals surface area (Å²) in [6, 6.07) is 15.6. The van der Waals surface area contributed by atoms with Gasteiger partial charge >= 0.3 is 0 Å². The first kappa shape index (κ1) is 25.4. The van der Waals surface area contributed by atoms with Crippen LogP contribution in [0.25, 0.3) is 11.1 Å². The number of amides is 1. The van der Waals surface area contributed by atoms with E-state index in [9.17, 15) is 21.6 Å². The van der Waals surface area contributed by atoms with Gasteiger partial charge in [0.15, 0.2) is 0 Å². The Morgan fingerprint density at radius 3 is 1.91 bits per heavy atom. The van der Waals surface area contributed by atoms with Crippen molar-refractivity contribution in [1.82, 2.24) is 4.98 Å². The van der Waals surface area contributed by atoms with Gasteiger partial charge in [-0.1, -0.05) is 45.0 Å². The SMILES string of the molecule is CC(C)(C)c1ccc(NC(=O)c2ccc(-c3ccncc3N(S(C)(=O)=O)S(C)(=O)=O)cc2)cc1. The molecule has 3 rings (SSSR count). The molecule has 10 heteroatoms. The smallest absolute Gasteiger partial charge is 0.255 e. The quantitative estimate of drug-likeness (QED) is 0.546. The second-order valence-corrected chi connectivity index (χ2v) is 12.9. The molecule has 0 aliphatic heterocycles. The summed E-state index contributed by atoms with van der Waals surface area (Å²) in [5.41, 5.74) is 2.99. The van der Waals surface area contributed by atoms with Crippen LogP contribution in [0.2, 0.25) is 0 Å². The predicted octanol–water partition coefficient (Wildman–Crippen LogP) is 4.02. The normalized spacial score (nSPS) is 12.3. The molecule has 1 heterocycles. The lowest BCUT2D eigenvalue weighted by atomic mass is 9.87. The lowest BCUT2D eigenvalue weighted by Gasteiger charge is -2.22. The van der Waals surface area contributed by atoms with E-state index in [-0.39, 0.29) is 17.0 Å². The Morgan fingerprint density at radius 2 is 1.41 bits per heavy atom. The van der Waals surface area contributed by atoms with Crippen LogP contribution in [-0.2, 0) is 25.5 Å². The molecule has 3 aromatic rings. The lowest BCUT2D eigenvalue weighted by molar-refractivity contribution is 0.102. The predicted molar refractivity (Wildman–Crippen MR) is 135 cm³/mol. The number of hydrogen-bond donors (Lipinski definition) is 1. The van der Waals surface area contributed by atoms with Crippen molar-refractivity contribution in [3.63, 3.8) is 0 Å². The highest BCUT2D eigenvalue weighted by Gasteiger charge is 2.30. The van der Waals surface area contributed by atoms with Crippen molar-refractivity contribution in [3.8, 4) is 11.1 Å². The van der Waals surface area contributed by atoms with E-state index in [1.54, 1.807) is 24.3 Å². The largest absolute Gasteiger partial charge is 0.322 e. The van der Waals surface area contributed by atoms with Crippen LogP contribution in [-0.4, -0.2) is 40.2 Å². The molecule has 0 saturated carbocycles. The van der Waals surface area contributed by atoms with Crippen LogP contribution < -0.4 is 9.03 Å². The molecule has 1 amide bonds. The van der Waals surface area contributed by atoms with Crippen LogP contribution in [0.5, 0.6) is 0 Å². The molecular weight excluding hydrogens is 474 g/mol. The Bertz CT molecular complexity index is 1380. The summed E-state index contributed by atoms with van der Waals surface area (Å²) in [6.07, 6.45) is 4.24. The zero-order chi connectivity index (χ0) is 25.3. The third kappa shape index (κ3) is 5.81. The van der Waals surface area contributed by atoms with E-state index in [0.29, 0.717) is 26.1 Å². The van der Waals surface area contributed by atoms with E-state index in [4.69, 9.17) is 0 Å². The summed E-state index contributed by atoms with van der Waals surface area (Å²) >= 11 is 0. The maximum absolute atomic E-state index is 12.7. The summed E-state index contributed by atoms with van der Waals surface area (Å²) < 4.78 is 49.2. The molecule has 0 unspecified atom stereocenters. The average Bonchev–Trinajstić information content (AvgIpc) is 2.72. The van der Waals surface area contributed by atoms with Crippen LogP contribution in [0.3, 0.4) is 0 Å². The molecule has 0 atom stereocenters. The van der Waals surface area contributed by atoms with E-state index in [0.717, 1.165) is 18.1 Å². The van der Waals surface area contributed by atoms with Gasteiger partial charge in [0.25, 0.3) is 5.91 Å². The molecule has 0 radical (unpaired) electrons. The van der Waals surface area contributed by atoms with Gasteiger partial charge in [0.2, 0.25) is 20.0 Å². The molecule has 1 N–H and O–H groups in total. The van der Waals surface area contributed by atoms with Crippen molar-refractivity contribution in [3.05, 3.63) is 78.1 Å². The van der Waals surface area contributed by atoms with Crippen LogP contribution in [0.15, 0.2) is 67.0 Å².